The largest absolute Gasteiger partial charge is 0.467 e. The number of rotatable bonds is 9. The number of aromatic nitrogens is 2. The van der Waals surface area contributed by atoms with Crippen molar-refractivity contribution in [3.8, 4) is 0 Å². The fourth-order valence-electron chi connectivity index (χ4n) is 6.55. The highest BCUT2D eigenvalue weighted by molar-refractivity contribution is 5.91. The average Bonchev–Trinajstić information content (AvgIpc) is 3.24. The van der Waals surface area contributed by atoms with Gasteiger partial charge in [0.2, 0.25) is 11.8 Å². The van der Waals surface area contributed by atoms with Gasteiger partial charge in [0.1, 0.15) is 12.1 Å². The molecule has 4 saturated carbocycles. The second-order valence-corrected chi connectivity index (χ2v) is 10.5. The van der Waals surface area contributed by atoms with Gasteiger partial charge in [0, 0.05) is 24.2 Å². The lowest BCUT2D eigenvalue weighted by molar-refractivity contribution is -0.146. The Morgan fingerprint density at radius 3 is 2.25 bits per heavy atom. The lowest BCUT2D eigenvalue weighted by atomic mass is 9.51. The molecule has 0 aliphatic heterocycles. The number of hydrogen-bond donors (Lipinski definition) is 3. The van der Waals surface area contributed by atoms with Crippen LogP contribution in [0.4, 0.5) is 0 Å². The van der Waals surface area contributed by atoms with E-state index >= 15 is 0 Å². The van der Waals surface area contributed by atoms with Crippen molar-refractivity contribution in [3.05, 3.63) is 18.2 Å². The zero-order valence-electron chi connectivity index (χ0n) is 19.3. The van der Waals surface area contributed by atoms with Crippen molar-refractivity contribution >= 4 is 17.8 Å². The van der Waals surface area contributed by atoms with Gasteiger partial charge >= 0.3 is 5.97 Å². The maximum atomic E-state index is 13.4. The molecule has 3 N–H and O–H groups in total. The predicted molar refractivity (Wildman–Crippen MR) is 118 cm³/mol. The molecule has 4 aliphatic rings. The molecule has 1 heterocycles. The first-order valence-electron chi connectivity index (χ1n) is 12.0. The zero-order valence-corrected chi connectivity index (χ0v) is 19.3. The van der Waals surface area contributed by atoms with Crippen LogP contribution in [0.2, 0.25) is 0 Å². The molecule has 32 heavy (non-hydrogen) atoms. The van der Waals surface area contributed by atoms with Gasteiger partial charge < -0.3 is 20.4 Å². The van der Waals surface area contributed by atoms with Gasteiger partial charge in [-0.05, 0) is 68.1 Å². The first kappa shape index (κ1) is 22.8. The molecule has 2 atom stereocenters. The Morgan fingerprint density at radius 2 is 1.72 bits per heavy atom. The molecule has 0 saturated heterocycles. The monoisotopic (exact) mass is 444 g/mol. The first-order valence-corrected chi connectivity index (χ1v) is 12.0. The van der Waals surface area contributed by atoms with Crippen molar-refractivity contribution in [2.24, 2.45) is 35.5 Å². The van der Waals surface area contributed by atoms with Crippen LogP contribution < -0.4 is 10.6 Å². The number of amides is 2. The third-order valence-electron chi connectivity index (χ3n) is 7.65. The summed E-state index contributed by atoms with van der Waals surface area (Å²) in [5.74, 6) is 1.77. The number of nitrogens with one attached hydrogen (secondary N) is 3. The minimum atomic E-state index is -0.778. The maximum absolute atomic E-state index is 13.4. The lowest BCUT2D eigenvalue weighted by Crippen LogP contribution is -2.57. The minimum absolute atomic E-state index is 0.00747. The van der Waals surface area contributed by atoms with Gasteiger partial charge in [-0.3, -0.25) is 9.59 Å². The van der Waals surface area contributed by atoms with Crippen molar-refractivity contribution in [3.63, 3.8) is 0 Å². The topological polar surface area (TPSA) is 113 Å². The van der Waals surface area contributed by atoms with Gasteiger partial charge in [0.25, 0.3) is 0 Å². The van der Waals surface area contributed by atoms with E-state index in [2.05, 4.69) is 20.6 Å². The Hall–Kier alpha value is -2.38. The number of imidazole rings is 1. The molecular formula is C24H36N4O4. The summed E-state index contributed by atoms with van der Waals surface area (Å²) in [5.41, 5.74) is 0.758. The van der Waals surface area contributed by atoms with Crippen molar-refractivity contribution < 1.29 is 19.1 Å². The molecular weight excluding hydrogens is 408 g/mol. The van der Waals surface area contributed by atoms with Gasteiger partial charge in [-0.15, -0.1) is 0 Å². The molecule has 2 amide bonds. The smallest absolute Gasteiger partial charge is 0.328 e. The van der Waals surface area contributed by atoms with Gasteiger partial charge in [-0.2, -0.15) is 0 Å². The second-order valence-electron chi connectivity index (χ2n) is 10.5. The normalized spacial score (nSPS) is 30.1. The Morgan fingerprint density at radius 1 is 1.06 bits per heavy atom. The van der Waals surface area contributed by atoms with Crippen LogP contribution in [-0.2, 0) is 25.5 Å². The molecule has 1 aromatic heterocycles. The summed E-state index contributed by atoms with van der Waals surface area (Å²) >= 11 is 0. The van der Waals surface area contributed by atoms with E-state index in [-0.39, 0.29) is 23.7 Å². The van der Waals surface area contributed by atoms with E-state index < -0.39 is 18.1 Å². The summed E-state index contributed by atoms with van der Waals surface area (Å²) in [6.07, 6.45) is 9.86. The number of methoxy groups -OCH3 is 1. The lowest BCUT2D eigenvalue weighted by Gasteiger charge is -2.53. The summed E-state index contributed by atoms with van der Waals surface area (Å²) in [4.78, 5) is 45.9. The Bertz CT molecular complexity index is 794. The molecule has 176 valence electrons. The fourth-order valence-corrected chi connectivity index (χ4v) is 6.55. The van der Waals surface area contributed by atoms with Gasteiger partial charge in [0.15, 0.2) is 0 Å². The fraction of sp³-hybridized carbons (Fsp3) is 0.750. The van der Waals surface area contributed by atoms with E-state index in [1.165, 1.54) is 13.5 Å². The highest BCUT2D eigenvalue weighted by Gasteiger charge is 2.51. The quantitative estimate of drug-likeness (QED) is 0.506. The van der Waals surface area contributed by atoms with Crippen molar-refractivity contribution in [1.82, 2.24) is 20.6 Å². The van der Waals surface area contributed by atoms with Gasteiger partial charge in [0.05, 0.1) is 13.4 Å². The predicted octanol–water partition coefficient (Wildman–Crippen LogP) is 2.21. The molecule has 0 aromatic carbocycles. The Kier molecular flexibility index (Phi) is 6.86. The Balaban J connectivity index is 1.47. The number of ether oxygens (including phenoxy) is 1. The van der Waals surface area contributed by atoms with Gasteiger partial charge in [-0.25, -0.2) is 9.78 Å². The number of aromatic amines is 1. The molecule has 5 rings (SSSR count). The van der Waals surface area contributed by atoms with E-state index in [0.29, 0.717) is 24.7 Å². The number of H-pyrrole nitrogens is 1. The van der Waals surface area contributed by atoms with Crippen LogP contribution in [0.3, 0.4) is 0 Å². The summed E-state index contributed by atoms with van der Waals surface area (Å²) in [7, 11) is 1.32. The molecule has 4 fully saturated rings. The molecule has 4 aliphatic carbocycles. The molecule has 4 bridgehead atoms. The summed E-state index contributed by atoms with van der Waals surface area (Å²) in [5, 5.41) is 5.87. The van der Waals surface area contributed by atoms with Crippen LogP contribution in [0.25, 0.3) is 0 Å². The molecule has 8 nitrogen and oxygen atoms in total. The van der Waals surface area contributed by atoms with Gasteiger partial charge in [-0.1, -0.05) is 13.8 Å². The van der Waals surface area contributed by atoms with Crippen LogP contribution in [-0.4, -0.2) is 46.9 Å². The number of nitrogens with zero attached hydrogens (tertiary/aromatic N) is 1. The molecule has 0 spiro atoms. The molecule has 8 heteroatoms. The number of hydrogen-bond acceptors (Lipinski definition) is 5. The second kappa shape index (κ2) is 9.63. The minimum Gasteiger partial charge on any atom is -0.467 e. The van der Waals surface area contributed by atoms with Crippen molar-refractivity contribution in [1.29, 1.82) is 0 Å². The van der Waals surface area contributed by atoms with E-state index in [4.69, 9.17) is 4.74 Å². The number of esters is 1. The van der Waals surface area contributed by atoms with E-state index in [1.807, 2.05) is 13.8 Å². The maximum Gasteiger partial charge on any atom is 0.328 e. The SMILES string of the molecule is COC(=O)[C@H](CC(C)C)NC(=O)[C@H](Cc1cnc[nH]1)NC(=O)C1C2CC3CC(C2)CC1C3. The van der Waals surface area contributed by atoms with Crippen LogP contribution in [0.5, 0.6) is 0 Å². The van der Waals surface area contributed by atoms with E-state index in [0.717, 1.165) is 43.2 Å². The van der Waals surface area contributed by atoms with Crippen molar-refractivity contribution in [2.45, 2.75) is 70.9 Å². The van der Waals surface area contributed by atoms with E-state index in [9.17, 15) is 14.4 Å². The van der Waals surface area contributed by atoms with Crippen molar-refractivity contribution in [2.75, 3.05) is 7.11 Å². The molecule has 1 aromatic rings. The third kappa shape index (κ3) is 4.99. The summed E-state index contributed by atoms with van der Waals surface area (Å²) in [6.45, 7) is 3.97. The first-order chi connectivity index (χ1) is 15.3. The summed E-state index contributed by atoms with van der Waals surface area (Å²) < 4.78 is 4.88. The van der Waals surface area contributed by atoms with E-state index in [1.54, 1.807) is 12.5 Å². The number of carbonyl (C=O) groups excluding carboxylic acids is 3. The van der Waals surface area contributed by atoms with Crippen LogP contribution in [0.1, 0.15) is 58.1 Å². The highest BCUT2D eigenvalue weighted by Crippen LogP contribution is 2.56. The standard InChI is InChI=1S/C24H36N4O4/c1-13(2)4-20(24(31)32-3)28-22(29)19(10-18-11-25-12-26-18)27-23(30)21-16-6-14-5-15(8-16)9-17(21)7-14/h11-17,19-21H,4-10H2,1-3H3,(H,25,26)(H,27,30)(H,28,29)/t14?,15?,16?,17?,19-,20-,21?/m0/s1. The molecule has 0 radical (unpaired) electrons. The number of carbonyl (C=O) groups is 3. The zero-order chi connectivity index (χ0) is 22.8. The van der Waals surface area contributed by atoms with Crippen LogP contribution >= 0.6 is 0 Å². The summed E-state index contributed by atoms with van der Waals surface area (Å²) in [6, 6.07) is -1.52. The van der Waals surface area contributed by atoms with Crippen LogP contribution in [0.15, 0.2) is 12.5 Å². The third-order valence-corrected chi connectivity index (χ3v) is 7.65. The average molecular weight is 445 g/mol. The molecule has 0 unspecified atom stereocenters. The Labute approximate surface area is 189 Å². The highest BCUT2D eigenvalue weighted by atomic mass is 16.5. The van der Waals surface area contributed by atoms with Crippen LogP contribution in [0, 0.1) is 35.5 Å².